The number of carbonyl (C=O) groups excluding carboxylic acids is 2. The molecule has 2 atom stereocenters. The van der Waals surface area contributed by atoms with Crippen LogP contribution >= 0.6 is 11.3 Å². The smallest absolute Gasteiger partial charge is 0.417 e. The third kappa shape index (κ3) is 4.92. The van der Waals surface area contributed by atoms with Gasteiger partial charge in [-0.3, -0.25) is 4.79 Å². The van der Waals surface area contributed by atoms with Crippen LogP contribution in [0, 0.1) is 5.92 Å². The first-order valence-electron chi connectivity index (χ1n) is 11.2. The van der Waals surface area contributed by atoms with Gasteiger partial charge in [0.15, 0.2) is 0 Å². The van der Waals surface area contributed by atoms with Crippen LogP contribution in [0.25, 0.3) is 10.2 Å². The van der Waals surface area contributed by atoms with E-state index >= 15 is 0 Å². The molecule has 8 nitrogen and oxygen atoms in total. The molecule has 0 spiro atoms. The van der Waals surface area contributed by atoms with Gasteiger partial charge in [-0.25, -0.2) is 9.78 Å². The number of rotatable bonds is 3. The number of likely N-dealkylation sites (N-methyl/N-ethyl adjacent to an activating group) is 1. The summed E-state index contributed by atoms with van der Waals surface area (Å²) < 4.78 is 47.2. The molecule has 4 heterocycles. The second-order valence-electron chi connectivity index (χ2n) is 8.86. The Balaban J connectivity index is 1.53. The molecule has 34 heavy (non-hydrogen) atoms. The summed E-state index contributed by atoms with van der Waals surface area (Å²) in [6.45, 7) is 5.49. The van der Waals surface area contributed by atoms with Crippen LogP contribution in [0.4, 0.5) is 23.8 Å². The highest BCUT2D eigenvalue weighted by molar-refractivity contribution is 7.17. The molecule has 2 aromatic rings. The number of anilines is 1. The second-order valence-corrected chi connectivity index (χ2v) is 9.74. The van der Waals surface area contributed by atoms with Gasteiger partial charge >= 0.3 is 12.3 Å². The Kier molecular flexibility index (Phi) is 6.90. The fourth-order valence-corrected chi connectivity index (χ4v) is 5.39. The molecule has 4 rings (SSSR count). The normalized spacial score (nSPS) is 22.2. The van der Waals surface area contributed by atoms with Crippen LogP contribution in [0.15, 0.2) is 11.4 Å². The van der Waals surface area contributed by atoms with Crippen molar-refractivity contribution in [2.45, 2.75) is 25.6 Å². The van der Waals surface area contributed by atoms with Gasteiger partial charge in [-0.1, -0.05) is 6.92 Å². The van der Waals surface area contributed by atoms with E-state index in [1.807, 2.05) is 14.0 Å². The Bertz CT molecular complexity index is 1070. The van der Waals surface area contributed by atoms with Crippen LogP contribution < -0.4 is 10.2 Å². The third-order valence-electron chi connectivity index (χ3n) is 6.45. The van der Waals surface area contributed by atoms with Gasteiger partial charge in [0.25, 0.3) is 5.91 Å². The van der Waals surface area contributed by atoms with Crippen LogP contribution in [0.1, 0.15) is 29.3 Å². The van der Waals surface area contributed by atoms with Gasteiger partial charge in [0.1, 0.15) is 11.9 Å². The van der Waals surface area contributed by atoms with E-state index in [4.69, 9.17) is 4.74 Å². The molecule has 2 amide bonds. The molecule has 0 aromatic carbocycles. The molecule has 0 saturated carbocycles. The molecular weight excluding hydrogens is 471 g/mol. The predicted molar refractivity (Wildman–Crippen MR) is 123 cm³/mol. The molecule has 2 fully saturated rings. The number of hydrogen-bond donors (Lipinski definition) is 1. The Labute approximate surface area is 199 Å². The summed E-state index contributed by atoms with van der Waals surface area (Å²) in [6, 6.07) is 1.05. The summed E-state index contributed by atoms with van der Waals surface area (Å²) in [7, 11) is 3.43. The van der Waals surface area contributed by atoms with Crippen LogP contribution in [0.3, 0.4) is 0 Å². The minimum atomic E-state index is -4.58. The quantitative estimate of drug-likeness (QED) is 0.699. The van der Waals surface area contributed by atoms with Gasteiger partial charge in [0.2, 0.25) is 0 Å². The van der Waals surface area contributed by atoms with Crippen molar-refractivity contribution >= 4 is 39.4 Å². The maximum Gasteiger partial charge on any atom is 0.417 e. The Morgan fingerprint density at radius 3 is 2.53 bits per heavy atom. The van der Waals surface area contributed by atoms with E-state index in [2.05, 4.69) is 15.2 Å². The molecular formula is C22H28F3N5O3S. The van der Waals surface area contributed by atoms with Crippen molar-refractivity contribution in [1.82, 2.24) is 20.1 Å². The number of amides is 2. The standard InChI is InChI=1S/C22H28F3N5O3S/c1-13-11-30(5-4-16(13)33-21(32)29-8-6-28(3)7-9-29)17-10-15(22(23,24)25)19-18(27-17)14(12-34-19)20(31)26-2/h10,12-13,16H,4-9,11H2,1-3H3,(H,26,31)/t13-,16+/m1/s1. The fraction of sp³-hybridized carbons (Fsp3) is 0.591. The highest BCUT2D eigenvalue weighted by Crippen LogP contribution is 2.40. The summed E-state index contributed by atoms with van der Waals surface area (Å²) in [5.74, 6) is -0.413. The summed E-state index contributed by atoms with van der Waals surface area (Å²) in [6.07, 6.45) is -4.77. The number of carbonyl (C=O) groups is 2. The number of nitrogens with zero attached hydrogens (tertiary/aromatic N) is 4. The molecule has 0 aliphatic carbocycles. The van der Waals surface area contributed by atoms with Gasteiger partial charge < -0.3 is 24.8 Å². The third-order valence-corrected chi connectivity index (χ3v) is 7.45. The largest absolute Gasteiger partial charge is 0.446 e. The Hall–Kier alpha value is -2.60. The number of halogens is 3. The average Bonchev–Trinajstić information content (AvgIpc) is 3.23. The number of hydrogen-bond acceptors (Lipinski definition) is 7. The zero-order valence-electron chi connectivity index (χ0n) is 19.3. The molecule has 1 N–H and O–H groups in total. The first kappa shape index (κ1) is 24.5. The lowest BCUT2D eigenvalue weighted by atomic mass is 9.96. The van der Waals surface area contributed by atoms with Crippen molar-refractivity contribution < 1.29 is 27.5 Å². The number of alkyl halides is 3. The lowest BCUT2D eigenvalue weighted by molar-refractivity contribution is -0.136. The number of fused-ring (bicyclic) bond motifs is 1. The maximum atomic E-state index is 13.8. The van der Waals surface area contributed by atoms with Crippen molar-refractivity contribution in [1.29, 1.82) is 0 Å². The average molecular weight is 500 g/mol. The van der Waals surface area contributed by atoms with E-state index in [0.717, 1.165) is 30.5 Å². The number of ether oxygens (including phenoxy) is 1. The van der Waals surface area contributed by atoms with Gasteiger partial charge in [0.05, 0.1) is 21.3 Å². The SMILES string of the molecule is CNC(=O)c1csc2c(C(F)(F)F)cc(N3CC[C@H](OC(=O)N4CCN(C)CC4)[C@H](C)C3)nc12. The number of piperazine rings is 1. The maximum absolute atomic E-state index is 13.8. The Morgan fingerprint density at radius 2 is 1.91 bits per heavy atom. The molecule has 12 heteroatoms. The Morgan fingerprint density at radius 1 is 1.21 bits per heavy atom. The first-order valence-corrected chi connectivity index (χ1v) is 12.1. The van der Waals surface area contributed by atoms with E-state index in [0.29, 0.717) is 32.6 Å². The summed E-state index contributed by atoms with van der Waals surface area (Å²) in [4.78, 5) is 34.8. The molecule has 0 radical (unpaired) electrons. The molecule has 2 aliphatic rings. The van der Waals surface area contributed by atoms with Crippen LogP contribution in [-0.4, -0.2) is 86.3 Å². The number of aromatic nitrogens is 1. The van der Waals surface area contributed by atoms with Crippen molar-refractivity contribution in [2.24, 2.45) is 5.92 Å². The number of piperidine rings is 1. The van der Waals surface area contributed by atoms with Gasteiger partial charge in [-0.15, -0.1) is 11.3 Å². The van der Waals surface area contributed by atoms with Gasteiger partial charge in [-0.2, -0.15) is 13.2 Å². The number of thiophene rings is 1. The van der Waals surface area contributed by atoms with Crippen molar-refractivity contribution in [2.75, 3.05) is 58.3 Å². The highest BCUT2D eigenvalue weighted by Gasteiger charge is 2.37. The summed E-state index contributed by atoms with van der Waals surface area (Å²) >= 11 is 0.861. The molecule has 2 aromatic heterocycles. The van der Waals surface area contributed by atoms with Crippen molar-refractivity contribution in [3.63, 3.8) is 0 Å². The van der Waals surface area contributed by atoms with Gasteiger partial charge in [0, 0.05) is 64.0 Å². The highest BCUT2D eigenvalue weighted by atomic mass is 32.1. The topological polar surface area (TPSA) is 78.0 Å². The molecule has 2 aliphatic heterocycles. The molecule has 186 valence electrons. The lowest BCUT2D eigenvalue weighted by Gasteiger charge is -2.39. The predicted octanol–water partition coefficient (Wildman–Crippen LogP) is 3.27. The lowest BCUT2D eigenvalue weighted by Crippen LogP contribution is -2.50. The minimum absolute atomic E-state index is 0.0467. The van der Waals surface area contributed by atoms with E-state index < -0.39 is 17.6 Å². The van der Waals surface area contributed by atoms with Crippen LogP contribution in [-0.2, 0) is 10.9 Å². The fourth-order valence-electron chi connectivity index (χ4n) is 4.36. The summed E-state index contributed by atoms with van der Waals surface area (Å²) in [5.41, 5.74) is -0.631. The minimum Gasteiger partial charge on any atom is -0.446 e. The number of nitrogens with one attached hydrogen (secondary N) is 1. The summed E-state index contributed by atoms with van der Waals surface area (Å²) in [5, 5.41) is 3.86. The van der Waals surface area contributed by atoms with Gasteiger partial charge in [-0.05, 0) is 13.1 Å². The van der Waals surface area contributed by atoms with E-state index in [9.17, 15) is 22.8 Å². The zero-order chi connectivity index (χ0) is 24.6. The van der Waals surface area contributed by atoms with E-state index in [1.165, 1.54) is 12.4 Å². The van der Waals surface area contributed by atoms with Crippen molar-refractivity contribution in [3.8, 4) is 0 Å². The van der Waals surface area contributed by atoms with E-state index in [-0.39, 0.29) is 39.7 Å². The molecule has 0 unspecified atom stereocenters. The van der Waals surface area contributed by atoms with Crippen LogP contribution in [0.2, 0.25) is 0 Å². The van der Waals surface area contributed by atoms with Crippen LogP contribution in [0.5, 0.6) is 0 Å². The second kappa shape index (κ2) is 9.57. The molecule has 0 bridgehead atoms. The van der Waals surface area contributed by atoms with E-state index in [1.54, 1.807) is 9.80 Å². The first-order chi connectivity index (χ1) is 16.1. The van der Waals surface area contributed by atoms with Crippen molar-refractivity contribution in [3.05, 3.63) is 22.6 Å². The number of pyridine rings is 1. The molecule has 2 saturated heterocycles. The zero-order valence-corrected chi connectivity index (χ0v) is 20.1. The monoisotopic (exact) mass is 499 g/mol.